The van der Waals surface area contributed by atoms with Gasteiger partial charge in [-0.1, -0.05) is 49.1 Å². The molecule has 3 N–H and O–H groups in total. The average molecular weight is 440 g/mol. The molecular formula is C24H29N3O3S. The average Bonchev–Trinajstić information content (AvgIpc) is 3.25. The number of sulfonamides is 1. The molecule has 0 spiro atoms. The number of carbonyl (C=O) groups excluding carboxylic acids is 1. The normalized spacial score (nSPS) is 16.4. The molecule has 1 aliphatic rings. The van der Waals surface area contributed by atoms with Crippen LogP contribution in [0.1, 0.15) is 54.6 Å². The van der Waals surface area contributed by atoms with Crippen LogP contribution in [0.2, 0.25) is 0 Å². The van der Waals surface area contributed by atoms with E-state index in [4.69, 9.17) is 6.42 Å². The van der Waals surface area contributed by atoms with Crippen molar-refractivity contribution >= 4 is 15.9 Å². The van der Waals surface area contributed by atoms with E-state index < -0.39 is 10.0 Å². The molecule has 0 bridgehead atoms. The van der Waals surface area contributed by atoms with E-state index in [1.54, 1.807) is 0 Å². The molecule has 1 atom stereocenters. The number of hydrogen-bond acceptors (Lipinski definition) is 4. The summed E-state index contributed by atoms with van der Waals surface area (Å²) >= 11 is 0. The van der Waals surface area contributed by atoms with Crippen molar-refractivity contribution < 1.29 is 13.2 Å². The number of nitrogens with one attached hydrogen (secondary N) is 3. The molecule has 0 aromatic heterocycles. The SMILES string of the molecule is C#CCNS(=O)(=O)c1ccc(C(=O)NCC2(NC(C)c3ccccc3)CCCC2)cc1. The first-order valence-electron chi connectivity index (χ1n) is 10.5. The van der Waals surface area contributed by atoms with Crippen LogP contribution in [0, 0.1) is 12.3 Å². The number of terminal acetylenes is 1. The lowest BCUT2D eigenvalue weighted by Crippen LogP contribution is -2.52. The van der Waals surface area contributed by atoms with Crippen molar-refractivity contribution in [1.82, 2.24) is 15.4 Å². The molecule has 0 heterocycles. The van der Waals surface area contributed by atoms with E-state index in [-0.39, 0.29) is 28.9 Å². The van der Waals surface area contributed by atoms with E-state index in [1.807, 2.05) is 18.2 Å². The highest BCUT2D eigenvalue weighted by molar-refractivity contribution is 7.89. The molecule has 7 heteroatoms. The van der Waals surface area contributed by atoms with Crippen LogP contribution >= 0.6 is 0 Å². The molecule has 1 saturated carbocycles. The Kier molecular flexibility index (Phi) is 7.50. The van der Waals surface area contributed by atoms with Crippen LogP contribution in [0.15, 0.2) is 59.5 Å². The fraction of sp³-hybridized carbons (Fsp3) is 0.375. The highest BCUT2D eigenvalue weighted by Gasteiger charge is 2.35. The lowest BCUT2D eigenvalue weighted by Gasteiger charge is -2.34. The maximum absolute atomic E-state index is 12.7. The van der Waals surface area contributed by atoms with E-state index in [2.05, 4.69) is 40.3 Å². The smallest absolute Gasteiger partial charge is 0.251 e. The molecule has 0 saturated heterocycles. The molecular weight excluding hydrogens is 410 g/mol. The largest absolute Gasteiger partial charge is 0.350 e. The Labute approximate surface area is 184 Å². The highest BCUT2D eigenvalue weighted by Crippen LogP contribution is 2.32. The van der Waals surface area contributed by atoms with Gasteiger partial charge in [0.05, 0.1) is 11.4 Å². The maximum atomic E-state index is 12.7. The Bertz CT molecular complexity index is 1020. The second-order valence-corrected chi connectivity index (χ2v) is 9.77. The van der Waals surface area contributed by atoms with Crippen LogP contribution in [0.4, 0.5) is 0 Å². The van der Waals surface area contributed by atoms with Crippen LogP contribution in [0.3, 0.4) is 0 Å². The fourth-order valence-electron chi connectivity index (χ4n) is 4.07. The van der Waals surface area contributed by atoms with Gasteiger partial charge in [-0.3, -0.25) is 4.79 Å². The standard InChI is InChI=1S/C24H29N3O3S/c1-3-17-26-31(29,30)22-13-11-21(12-14-22)23(28)25-18-24(15-7-8-16-24)27-19(2)20-9-5-4-6-10-20/h1,4-6,9-14,19,26-27H,7-8,15-18H2,2H3,(H,25,28). The van der Waals surface area contributed by atoms with E-state index in [0.717, 1.165) is 25.7 Å². The van der Waals surface area contributed by atoms with Gasteiger partial charge in [0.15, 0.2) is 0 Å². The third-order valence-corrected chi connectivity index (χ3v) is 7.18. The summed E-state index contributed by atoms with van der Waals surface area (Å²) in [6.07, 6.45) is 9.36. The molecule has 1 aliphatic carbocycles. The molecule has 2 aromatic rings. The van der Waals surface area contributed by atoms with Crippen LogP contribution in [-0.2, 0) is 10.0 Å². The molecule has 31 heavy (non-hydrogen) atoms. The summed E-state index contributed by atoms with van der Waals surface area (Å²) < 4.78 is 26.5. The lowest BCUT2D eigenvalue weighted by atomic mass is 9.94. The van der Waals surface area contributed by atoms with Crippen LogP contribution in [-0.4, -0.2) is 33.0 Å². The van der Waals surface area contributed by atoms with Gasteiger partial charge in [0.2, 0.25) is 10.0 Å². The number of amides is 1. The van der Waals surface area contributed by atoms with Gasteiger partial charge in [0.1, 0.15) is 0 Å². The van der Waals surface area contributed by atoms with E-state index >= 15 is 0 Å². The molecule has 164 valence electrons. The number of rotatable bonds is 9. The molecule has 2 aromatic carbocycles. The molecule has 1 unspecified atom stereocenters. The summed E-state index contributed by atoms with van der Waals surface area (Å²) in [6, 6.07) is 16.3. The summed E-state index contributed by atoms with van der Waals surface area (Å²) in [4.78, 5) is 12.8. The third-order valence-electron chi connectivity index (χ3n) is 5.76. The molecule has 0 radical (unpaired) electrons. The number of benzene rings is 2. The van der Waals surface area contributed by atoms with Crippen molar-refractivity contribution in [2.75, 3.05) is 13.1 Å². The Morgan fingerprint density at radius 3 is 2.35 bits per heavy atom. The Morgan fingerprint density at radius 1 is 1.10 bits per heavy atom. The van der Waals surface area contributed by atoms with Gasteiger partial charge in [0, 0.05) is 23.7 Å². The first kappa shape index (κ1) is 23.0. The molecule has 1 amide bonds. The van der Waals surface area contributed by atoms with Crippen LogP contribution < -0.4 is 15.4 Å². The first-order chi connectivity index (χ1) is 14.9. The highest BCUT2D eigenvalue weighted by atomic mass is 32.2. The molecule has 1 fully saturated rings. The summed E-state index contributed by atoms with van der Waals surface area (Å²) in [5, 5.41) is 6.78. The summed E-state index contributed by atoms with van der Waals surface area (Å²) in [5.74, 6) is 2.01. The Balaban J connectivity index is 1.63. The zero-order chi connectivity index (χ0) is 22.3. The van der Waals surface area contributed by atoms with Crippen LogP contribution in [0.5, 0.6) is 0 Å². The predicted octanol–water partition coefficient (Wildman–Crippen LogP) is 2.99. The lowest BCUT2D eigenvalue weighted by molar-refractivity contribution is 0.0936. The Morgan fingerprint density at radius 2 is 1.74 bits per heavy atom. The quantitative estimate of drug-likeness (QED) is 0.524. The van der Waals surface area contributed by atoms with Crippen molar-refractivity contribution in [1.29, 1.82) is 0 Å². The summed E-state index contributed by atoms with van der Waals surface area (Å²) in [6.45, 7) is 2.58. The third kappa shape index (κ3) is 5.95. The van der Waals surface area contributed by atoms with Gasteiger partial charge in [-0.2, -0.15) is 4.72 Å². The molecule has 6 nitrogen and oxygen atoms in total. The van der Waals surface area contributed by atoms with Crippen molar-refractivity contribution in [3.63, 3.8) is 0 Å². The summed E-state index contributed by atoms with van der Waals surface area (Å²) in [7, 11) is -3.67. The van der Waals surface area contributed by atoms with E-state index in [1.165, 1.54) is 29.8 Å². The number of carbonyl (C=O) groups is 1. The maximum Gasteiger partial charge on any atom is 0.251 e. The second-order valence-electron chi connectivity index (χ2n) is 8.00. The predicted molar refractivity (Wildman–Crippen MR) is 122 cm³/mol. The van der Waals surface area contributed by atoms with Crippen molar-refractivity contribution in [2.45, 2.75) is 49.1 Å². The molecule has 3 rings (SSSR count). The van der Waals surface area contributed by atoms with Crippen molar-refractivity contribution in [2.24, 2.45) is 0 Å². The molecule has 0 aliphatic heterocycles. The van der Waals surface area contributed by atoms with E-state index in [0.29, 0.717) is 12.1 Å². The summed E-state index contributed by atoms with van der Waals surface area (Å²) in [5.41, 5.74) is 1.49. The topological polar surface area (TPSA) is 87.3 Å². The van der Waals surface area contributed by atoms with Gasteiger partial charge in [-0.05, 0) is 49.6 Å². The van der Waals surface area contributed by atoms with E-state index in [9.17, 15) is 13.2 Å². The zero-order valence-electron chi connectivity index (χ0n) is 17.7. The second kappa shape index (κ2) is 10.1. The van der Waals surface area contributed by atoms with Gasteiger partial charge in [0.25, 0.3) is 5.91 Å². The van der Waals surface area contributed by atoms with Gasteiger partial charge < -0.3 is 10.6 Å². The monoisotopic (exact) mass is 439 g/mol. The van der Waals surface area contributed by atoms with Gasteiger partial charge in [-0.25, -0.2) is 8.42 Å². The van der Waals surface area contributed by atoms with Gasteiger partial charge in [-0.15, -0.1) is 6.42 Å². The Hall–Kier alpha value is -2.66. The van der Waals surface area contributed by atoms with Crippen LogP contribution in [0.25, 0.3) is 0 Å². The first-order valence-corrected chi connectivity index (χ1v) is 12.0. The fourth-order valence-corrected chi connectivity index (χ4v) is 5.00. The number of hydrogen-bond donors (Lipinski definition) is 3. The minimum atomic E-state index is -3.67. The van der Waals surface area contributed by atoms with Crippen molar-refractivity contribution in [3.8, 4) is 12.3 Å². The van der Waals surface area contributed by atoms with Gasteiger partial charge >= 0.3 is 0 Å². The minimum absolute atomic E-state index is 0.0740. The zero-order valence-corrected chi connectivity index (χ0v) is 18.5. The minimum Gasteiger partial charge on any atom is -0.350 e. The van der Waals surface area contributed by atoms with Crippen molar-refractivity contribution in [3.05, 3.63) is 65.7 Å².